The van der Waals surface area contributed by atoms with Crippen molar-refractivity contribution in [3.8, 4) is 11.1 Å². The van der Waals surface area contributed by atoms with E-state index in [-0.39, 0.29) is 0 Å². The molecule has 0 atom stereocenters. The van der Waals surface area contributed by atoms with Crippen molar-refractivity contribution in [1.29, 1.82) is 0 Å². The van der Waals surface area contributed by atoms with Crippen molar-refractivity contribution in [1.82, 2.24) is 0 Å². The van der Waals surface area contributed by atoms with Gasteiger partial charge in [-0.05, 0) is 48.5 Å². The van der Waals surface area contributed by atoms with E-state index >= 15 is 0 Å². The lowest BCUT2D eigenvalue weighted by Crippen LogP contribution is -1.96. The van der Waals surface area contributed by atoms with E-state index in [9.17, 15) is 8.42 Å². The number of hydrogen-bond acceptors (Lipinski definition) is 3. The van der Waals surface area contributed by atoms with Crippen LogP contribution in [0.3, 0.4) is 0 Å². The van der Waals surface area contributed by atoms with Gasteiger partial charge in [0.2, 0.25) is 0 Å². The summed E-state index contributed by atoms with van der Waals surface area (Å²) in [5.74, 6) is 0. The summed E-state index contributed by atoms with van der Waals surface area (Å²) in [6, 6.07) is 12.7. The Bertz CT molecular complexity index is 716. The standard InChI is InChI=1S/C15H15NO2S/c1-11-4-5-13(10-15(11)16-2)12-6-8-14(9-7-12)19(3,17)18/h4-10H,2H2,1,3H3. The molecular formula is C15H15NO2S. The minimum Gasteiger partial charge on any atom is -0.264 e. The van der Waals surface area contributed by atoms with Crippen LogP contribution in [0.2, 0.25) is 0 Å². The molecule has 0 N–H and O–H groups in total. The van der Waals surface area contributed by atoms with Crippen LogP contribution in [-0.4, -0.2) is 21.4 Å². The minimum atomic E-state index is -3.15. The van der Waals surface area contributed by atoms with Crippen LogP contribution in [-0.2, 0) is 9.84 Å². The molecule has 0 saturated carbocycles. The van der Waals surface area contributed by atoms with Crippen LogP contribution in [0.15, 0.2) is 52.4 Å². The first-order valence-corrected chi connectivity index (χ1v) is 7.69. The van der Waals surface area contributed by atoms with E-state index in [1.807, 2.05) is 25.1 Å². The Morgan fingerprint density at radius 2 is 1.58 bits per heavy atom. The predicted molar refractivity (Wildman–Crippen MR) is 78.9 cm³/mol. The summed E-state index contributed by atoms with van der Waals surface area (Å²) >= 11 is 0. The number of hydrogen-bond donors (Lipinski definition) is 0. The maximum atomic E-state index is 11.4. The molecule has 0 heterocycles. The Morgan fingerprint density at radius 1 is 1.00 bits per heavy atom. The molecule has 98 valence electrons. The quantitative estimate of drug-likeness (QED) is 0.805. The SMILES string of the molecule is C=Nc1cc(-c2ccc(S(C)(=O)=O)cc2)ccc1C. The molecule has 0 fully saturated rings. The van der Waals surface area contributed by atoms with Crippen LogP contribution in [0.5, 0.6) is 0 Å². The fourth-order valence-electron chi connectivity index (χ4n) is 1.85. The minimum absolute atomic E-state index is 0.324. The van der Waals surface area contributed by atoms with E-state index < -0.39 is 9.84 Å². The second-order valence-electron chi connectivity index (χ2n) is 4.46. The molecule has 2 aromatic carbocycles. The van der Waals surface area contributed by atoms with E-state index in [2.05, 4.69) is 11.7 Å². The largest absolute Gasteiger partial charge is 0.264 e. The van der Waals surface area contributed by atoms with Gasteiger partial charge in [0.25, 0.3) is 0 Å². The third-order valence-corrected chi connectivity index (χ3v) is 4.12. The molecule has 0 unspecified atom stereocenters. The molecule has 4 heteroatoms. The average molecular weight is 273 g/mol. The van der Waals surface area contributed by atoms with Gasteiger partial charge in [-0.1, -0.05) is 24.3 Å². The lowest BCUT2D eigenvalue weighted by molar-refractivity contribution is 0.602. The molecular weight excluding hydrogens is 258 g/mol. The summed E-state index contributed by atoms with van der Waals surface area (Å²) < 4.78 is 22.8. The highest BCUT2D eigenvalue weighted by atomic mass is 32.2. The second-order valence-corrected chi connectivity index (χ2v) is 6.47. The van der Waals surface area contributed by atoms with E-state index in [1.165, 1.54) is 6.26 Å². The second kappa shape index (κ2) is 4.97. The molecule has 3 nitrogen and oxygen atoms in total. The smallest absolute Gasteiger partial charge is 0.175 e. The van der Waals surface area contributed by atoms with Crippen LogP contribution in [0.25, 0.3) is 11.1 Å². The summed E-state index contributed by atoms with van der Waals surface area (Å²) in [5, 5.41) is 0. The highest BCUT2D eigenvalue weighted by molar-refractivity contribution is 7.90. The fraction of sp³-hybridized carbons (Fsp3) is 0.133. The summed E-state index contributed by atoms with van der Waals surface area (Å²) in [4.78, 5) is 4.29. The van der Waals surface area contributed by atoms with Gasteiger partial charge >= 0.3 is 0 Å². The van der Waals surface area contributed by atoms with Gasteiger partial charge in [0.05, 0.1) is 10.6 Å². The number of nitrogens with zero attached hydrogens (tertiary/aromatic N) is 1. The van der Waals surface area contributed by atoms with Gasteiger partial charge in [0.1, 0.15) is 0 Å². The van der Waals surface area contributed by atoms with E-state index in [0.717, 1.165) is 22.4 Å². The molecule has 0 aliphatic carbocycles. The molecule has 2 rings (SSSR count). The fourth-order valence-corrected chi connectivity index (χ4v) is 2.48. The molecule has 0 aromatic heterocycles. The normalized spacial score (nSPS) is 11.3. The third kappa shape index (κ3) is 2.90. The zero-order chi connectivity index (χ0) is 14.0. The molecule has 2 aromatic rings. The maximum absolute atomic E-state index is 11.4. The van der Waals surface area contributed by atoms with Crippen molar-refractivity contribution in [2.45, 2.75) is 11.8 Å². The van der Waals surface area contributed by atoms with Crippen molar-refractivity contribution in [3.63, 3.8) is 0 Å². The van der Waals surface area contributed by atoms with Crippen molar-refractivity contribution < 1.29 is 8.42 Å². The van der Waals surface area contributed by atoms with Gasteiger partial charge in [-0.2, -0.15) is 0 Å². The molecule has 0 amide bonds. The molecule has 0 bridgehead atoms. The number of sulfone groups is 1. The monoisotopic (exact) mass is 273 g/mol. The van der Waals surface area contributed by atoms with Gasteiger partial charge in [-0.25, -0.2) is 8.42 Å². The van der Waals surface area contributed by atoms with Crippen molar-refractivity contribution in [2.24, 2.45) is 4.99 Å². The average Bonchev–Trinajstić information content (AvgIpc) is 2.38. The molecule has 0 spiro atoms. The van der Waals surface area contributed by atoms with E-state index in [1.54, 1.807) is 24.3 Å². The first kappa shape index (κ1) is 13.5. The van der Waals surface area contributed by atoms with Gasteiger partial charge < -0.3 is 0 Å². The Hall–Kier alpha value is -1.94. The Labute approximate surface area is 113 Å². The Balaban J connectivity index is 2.46. The van der Waals surface area contributed by atoms with E-state index in [0.29, 0.717) is 4.90 Å². The Kier molecular flexibility index (Phi) is 3.53. The van der Waals surface area contributed by atoms with Gasteiger partial charge in [-0.15, -0.1) is 0 Å². The lowest BCUT2D eigenvalue weighted by Gasteiger charge is -2.06. The van der Waals surface area contributed by atoms with Crippen LogP contribution in [0.4, 0.5) is 5.69 Å². The zero-order valence-corrected chi connectivity index (χ0v) is 11.7. The van der Waals surface area contributed by atoms with E-state index in [4.69, 9.17) is 0 Å². The highest BCUT2D eigenvalue weighted by Gasteiger charge is 2.07. The molecule has 0 aliphatic heterocycles. The molecule has 0 saturated heterocycles. The predicted octanol–water partition coefficient (Wildman–Crippen LogP) is 3.40. The summed E-state index contributed by atoms with van der Waals surface area (Å²) in [6.07, 6.45) is 1.20. The summed E-state index contributed by atoms with van der Waals surface area (Å²) in [7, 11) is -3.15. The van der Waals surface area contributed by atoms with Crippen LogP contribution >= 0.6 is 0 Å². The topological polar surface area (TPSA) is 46.5 Å². The summed E-state index contributed by atoms with van der Waals surface area (Å²) in [6.45, 7) is 5.52. The molecule has 0 radical (unpaired) electrons. The molecule has 19 heavy (non-hydrogen) atoms. The van der Waals surface area contributed by atoms with Crippen molar-refractivity contribution in [3.05, 3.63) is 48.0 Å². The summed E-state index contributed by atoms with van der Waals surface area (Å²) in [5.41, 5.74) is 3.85. The number of aliphatic imine (C=N–C) groups is 1. The highest BCUT2D eigenvalue weighted by Crippen LogP contribution is 2.27. The van der Waals surface area contributed by atoms with Crippen LogP contribution < -0.4 is 0 Å². The number of rotatable bonds is 3. The molecule has 0 aliphatic rings. The number of aryl methyl sites for hydroxylation is 1. The van der Waals surface area contributed by atoms with Gasteiger partial charge in [0.15, 0.2) is 9.84 Å². The zero-order valence-electron chi connectivity index (χ0n) is 10.9. The maximum Gasteiger partial charge on any atom is 0.175 e. The number of benzene rings is 2. The first-order chi connectivity index (χ1) is 8.91. The third-order valence-electron chi connectivity index (χ3n) is 3.00. The van der Waals surface area contributed by atoms with Gasteiger partial charge in [0, 0.05) is 6.26 Å². The van der Waals surface area contributed by atoms with Gasteiger partial charge in [-0.3, -0.25) is 4.99 Å². The van der Waals surface area contributed by atoms with Crippen molar-refractivity contribution >= 4 is 22.2 Å². The first-order valence-electron chi connectivity index (χ1n) is 5.79. The Morgan fingerprint density at radius 3 is 2.11 bits per heavy atom. The van der Waals surface area contributed by atoms with Crippen LogP contribution in [0.1, 0.15) is 5.56 Å². The van der Waals surface area contributed by atoms with Crippen molar-refractivity contribution in [2.75, 3.05) is 6.26 Å². The lowest BCUT2D eigenvalue weighted by atomic mass is 10.0. The van der Waals surface area contributed by atoms with Crippen LogP contribution in [0, 0.1) is 6.92 Å².